The lowest BCUT2D eigenvalue weighted by atomic mass is 9.97. The van der Waals surface area contributed by atoms with Gasteiger partial charge in [0, 0.05) is 35.1 Å². The maximum Gasteiger partial charge on any atom is 0.259 e. The molecule has 1 unspecified atom stereocenters. The topological polar surface area (TPSA) is 87.3 Å². The first kappa shape index (κ1) is 21.9. The van der Waals surface area contributed by atoms with Crippen molar-refractivity contribution in [2.24, 2.45) is 0 Å². The average molecular weight is 505 g/mol. The molecule has 2 aliphatic rings. The molecule has 170 valence electrons. The molecule has 1 aromatic heterocycles. The second-order valence-corrected chi connectivity index (χ2v) is 9.75. The van der Waals surface area contributed by atoms with Gasteiger partial charge in [-0.25, -0.2) is 0 Å². The minimum absolute atomic E-state index is 0.271. The van der Waals surface area contributed by atoms with Gasteiger partial charge in [0.25, 0.3) is 5.91 Å². The van der Waals surface area contributed by atoms with Crippen LogP contribution in [-0.2, 0) is 6.42 Å². The van der Waals surface area contributed by atoms with E-state index >= 15 is 0 Å². The van der Waals surface area contributed by atoms with Crippen molar-refractivity contribution in [3.8, 4) is 5.75 Å². The Hall–Kier alpha value is -2.87. The van der Waals surface area contributed by atoms with Gasteiger partial charge in [0.1, 0.15) is 11.4 Å². The highest BCUT2D eigenvalue weighted by atomic mass is 35.5. The maximum atomic E-state index is 13.2. The van der Waals surface area contributed by atoms with E-state index in [9.17, 15) is 4.79 Å². The second kappa shape index (κ2) is 8.17. The molecule has 5 rings (SSSR count). The van der Waals surface area contributed by atoms with Gasteiger partial charge in [-0.1, -0.05) is 34.8 Å². The van der Waals surface area contributed by atoms with Crippen LogP contribution in [0.25, 0.3) is 0 Å². The van der Waals surface area contributed by atoms with E-state index in [0.717, 1.165) is 16.9 Å². The molecule has 0 saturated carbocycles. The molecule has 0 spiro atoms. The number of pyridine rings is 1. The van der Waals surface area contributed by atoms with Crippen LogP contribution < -0.4 is 26.0 Å². The van der Waals surface area contributed by atoms with Gasteiger partial charge in [0.15, 0.2) is 6.29 Å². The van der Waals surface area contributed by atoms with E-state index in [1.54, 1.807) is 30.3 Å². The molecule has 3 aromatic rings. The first-order valence-electron chi connectivity index (χ1n) is 10.2. The number of nitrogens with zero attached hydrogens (tertiary/aromatic N) is 1. The lowest BCUT2D eigenvalue weighted by Gasteiger charge is -2.18. The summed E-state index contributed by atoms with van der Waals surface area (Å²) in [5, 5.41) is 14.3. The second-order valence-electron chi connectivity index (χ2n) is 8.50. The number of nitrogens with one attached hydrogen (secondary N) is 4. The van der Waals surface area contributed by atoms with Crippen LogP contribution in [0.4, 0.5) is 22.7 Å². The smallest absolute Gasteiger partial charge is 0.259 e. The van der Waals surface area contributed by atoms with Gasteiger partial charge in [-0.05, 0) is 44.2 Å². The summed E-state index contributed by atoms with van der Waals surface area (Å²) in [6.45, 7) is 3.99. The SMILES string of the molecule is CC1(C)Cc2c3c(cc(C(=O)Nc4ccc(Cl)cc4)c2O1)NC(Nc1c(Cl)cncc1Cl)N3. The molecule has 0 fully saturated rings. The van der Waals surface area contributed by atoms with Gasteiger partial charge in [0.05, 0.1) is 32.7 Å². The molecule has 2 aliphatic heterocycles. The van der Waals surface area contributed by atoms with E-state index in [1.165, 1.54) is 12.4 Å². The number of rotatable bonds is 4. The number of ether oxygens (including phenoxy) is 1. The summed E-state index contributed by atoms with van der Waals surface area (Å²) in [7, 11) is 0. The van der Waals surface area contributed by atoms with Crippen molar-refractivity contribution in [3.63, 3.8) is 0 Å². The Morgan fingerprint density at radius 3 is 2.52 bits per heavy atom. The quantitative estimate of drug-likeness (QED) is 0.336. The molecule has 0 saturated heterocycles. The monoisotopic (exact) mass is 503 g/mol. The fraction of sp³-hybridized carbons (Fsp3) is 0.217. The molecular formula is C23H20Cl3N5O2. The van der Waals surface area contributed by atoms with Gasteiger partial charge in [-0.15, -0.1) is 0 Å². The van der Waals surface area contributed by atoms with Gasteiger partial charge in [-0.2, -0.15) is 0 Å². The molecule has 0 bridgehead atoms. The van der Waals surface area contributed by atoms with Crippen molar-refractivity contribution in [2.75, 3.05) is 21.3 Å². The third-order valence-electron chi connectivity index (χ3n) is 5.44. The van der Waals surface area contributed by atoms with Crippen LogP contribution in [0.5, 0.6) is 5.75 Å². The molecule has 3 heterocycles. The third kappa shape index (κ3) is 4.24. The lowest BCUT2D eigenvalue weighted by molar-refractivity contribution is 0.101. The Morgan fingerprint density at radius 2 is 1.82 bits per heavy atom. The highest BCUT2D eigenvalue weighted by Crippen LogP contribution is 2.48. The summed E-state index contributed by atoms with van der Waals surface area (Å²) in [5.41, 5.74) is 3.77. The van der Waals surface area contributed by atoms with Crippen LogP contribution >= 0.6 is 34.8 Å². The van der Waals surface area contributed by atoms with Crippen LogP contribution in [0.1, 0.15) is 29.8 Å². The summed E-state index contributed by atoms with van der Waals surface area (Å²) < 4.78 is 6.20. The number of benzene rings is 2. The predicted molar refractivity (Wildman–Crippen MR) is 133 cm³/mol. The number of hydrogen-bond donors (Lipinski definition) is 4. The van der Waals surface area contributed by atoms with Crippen molar-refractivity contribution in [3.05, 3.63) is 68.9 Å². The minimum atomic E-state index is -0.447. The van der Waals surface area contributed by atoms with E-state index < -0.39 is 11.9 Å². The molecular weight excluding hydrogens is 485 g/mol. The third-order valence-corrected chi connectivity index (χ3v) is 6.26. The fourth-order valence-corrected chi connectivity index (χ4v) is 4.62. The van der Waals surface area contributed by atoms with Gasteiger partial charge in [0.2, 0.25) is 0 Å². The zero-order valence-electron chi connectivity index (χ0n) is 17.7. The van der Waals surface area contributed by atoms with Gasteiger partial charge >= 0.3 is 0 Å². The summed E-state index contributed by atoms with van der Waals surface area (Å²) in [4.78, 5) is 17.2. The Balaban J connectivity index is 1.47. The van der Waals surface area contributed by atoms with E-state index in [4.69, 9.17) is 39.5 Å². The highest BCUT2D eigenvalue weighted by Gasteiger charge is 2.39. The van der Waals surface area contributed by atoms with Crippen molar-refractivity contribution in [2.45, 2.75) is 32.2 Å². The number of halogens is 3. The van der Waals surface area contributed by atoms with Gasteiger partial charge in [-0.3, -0.25) is 9.78 Å². The summed E-state index contributed by atoms with van der Waals surface area (Å²) in [6, 6.07) is 8.73. The molecule has 4 N–H and O–H groups in total. The molecule has 1 atom stereocenters. The fourth-order valence-electron chi connectivity index (χ4n) is 4.02. The van der Waals surface area contributed by atoms with Crippen LogP contribution in [0, 0.1) is 0 Å². The number of aromatic nitrogens is 1. The maximum absolute atomic E-state index is 13.2. The molecule has 0 aliphatic carbocycles. The standard InChI is InChI=1S/C23H20Cl3N5O2/c1-23(2)8-14-18-17(29-22(30-18)31-19-15(25)9-27-10-16(19)26)7-13(20(14)33-23)21(32)28-12-5-3-11(24)4-6-12/h3-7,9-10,22,29-30H,8H2,1-2H3,(H,27,31)(H,28,32). The van der Waals surface area contributed by atoms with Gasteiger partial charge < -0.3 is 26.0 Å². The number of carbonyl (C=O) groups is 1. The predicted octanol–water partition coefficient (Wildman–Crippen LogP) is 6.24. The number of carbonyl (C=O) groups excluding carboxylic acids is 1. The molecule has 2 aromatic carbocycles. The molecule has 10 heteroatoms. The Kier molecular flexibility index (Phi) is 5.43. The van der Waals surface area contributed by atoms with Crippen LogP contribution in [0.2, 0.25) is 15.1 Å². The van der Waals surface area contributed by atoms with Crippen molar-refractivity contribution >= 4 is 63.5 Å². The number of amides is 1. The normalized spacial score (nSPS) is 17.3. The minimum Gasteiger partial charge on any atom is -0.486 e. The molecule has 1 amide bonds. The van der Waals surface area contributed by atoms with E-state index in [-0.39, 0.29) is 5.91 Å². The first-order chi connectivity index (χ1) is 15.7. The van der Waals surface area contributed by atoms with Crippen molar-refractivity contribution in [1.29, 1.82) is 0 Å². The Bertz CT molecular complexity index is 1240. The number of hydrogen-bond acceptors (Lipinski definition) is 6. The van der Waals surface area contributed by atoms with Crippen LogP contribution in [0.3, 0.4) is 0 Å². The van der Waals surface area contributed by atoms with Crippen molar-refractivity contribution < 1.29 is 9.53 Å². The summed E-state index contributed by atoms with van der Waals surface area (Å²) in [5.74, 6) is 0.299. The summed E-state index contributed by atoms with van der Waals surface area (Å²) in [6.07, 6.45) is 3.28. The molecule has 7 nitrogen and oxygen atoms in total. The molecule has 33 heavy (non-hydrogen) atoms. The zero-order chi connectivity index (χ0) is 23.3. The Morgan fingerprint density at radius 1 is 1.12 bits per heavy atom. The Labute approximate surface area is 205 Å². The lowest BCUT2D eigenvalue weighted by Crippen LogP contribution is -2.31. The average Bonchev–Trinajstić information content (AvgIpc) is 3.31. The summed E-state index contributed by atoms with van der Waals surface area (Å²) >= 11 is 18.5. The van der Waals surface area contributed by atoms with Crippen LogP contribution in [0.15, 0.2) is 42.7 Å². The van der Waals surface area contributed by atoms with Crippen LogP contribution in [-0.4, -0.2) is 22.8 Å². The van der Waals surface area contributed by atoms with E-state index in [0.29, 0.717) is 44.2 Å². The first-order valence-corrected chi connectivity index (χ1v) is 11.4. The zero-order valence-corrected chi connectivity index (χ0v) is 20.0. The molecule has 0 radical (unpaired) electrons. The highest BCUT2D eigenvalue weighted by molar-refractivity contribution is 6.38. The number of anilines is 4. The largest absolute Gasteiger partial charge is 0.486 e. The van der Waals surface area contributed by atoms with E-state index in [2.05, 4.69) is 26.3 Å². The van der Waals surface area contributed by atoms with Crippen molar-refractivity contribution in [1.82, 2.24) is 4.98 Å². The number of fused-ring (bicyclic) bond motifs is 3. The van der Waals surface area contributed by atoms with E-state index in [1.807, 2.05) is 13.8 Å².